The quantitative estimate of drug-likeness (QED) is 0.597. The minimum absolute atomic E-state index is 0.142. The van der Waals surface area contributed by atoms with E-state index in [2.05, 4.69) is 26.2 Å². The lowest BCUT2D eigenvalue weighted by Gasteiger charge is -2.04. The van der Waals surface area contributed by atoms with E-state index in [9.17, 15) is 9.59 Å². The first-order valence-electron chi connectivity index (χ1n) is 5.71. The van der Waals surface area contributed by atoms with Gasteiger partial charge in [-0.1, -0.05) is 6.42 Å². The fraction of sp³-hybridized carbons (Fsp3) is 0.417. The second-order valence-electron chi connectivity index (χ2n) is 3.83. The minimum Gasteiger partial charge on any atom is -0.481 e. The molecule has 0 radical (unpaired) electrons. The molecule has 2 N–H and O–H groups in total. The highest BCUT2D eigenvalue weighted by molar-refractivity contribution is 9.10. The summed E-state index contributed by atoms with van der Waals surface area (Å²) in [6.45, 7) is 0.554. The van der Waals surface area contributed by atoms with Crippen molar-refractivity contribution in [3.05, 3.63) is 28.5 Å². The molecule has 0 aliphatic heterocycles. The molecular formula is C12H15BrN2O3. The lowest BCUT2D eigenvalue weighted by molar-refractivity contribution is -0.137. The third kappa shape index (κ3) is 5.77. The van der Waals surface area contributed by atoms with Gasteiger partial charge in [-0.15, -0.1) is 0 Å². The fourth-order valence-electron chi connectivity index (χ4n) is 1.43. The Morgan fingerprint density at radius 2 is 2.11 bits per heavy atom. The Balaban J connectivity index is 2.20. The number of hydrogen-bond donors (Lipinski definition) is 2. The van der Waals surface area contributed by atoms with Crippen LogP contribution in [-0.4, -0.2) is 28.5 Å². The first-order chi connectivity index (χ1) is 8.59. The number of carbonyl (C=O) groups excluding carboxylic acids is 1. The summed E-state index contributed by atoms with van der Waals surface area (Å²) in [7, 11) is 0. The van der Waals surface area contributed by atoms with Gasteiger partial charge in [0.2, 0.25) is 0 Å². The maximum atomic E-state index is 11.7. The number of aliphatic carboxylic acids is 1. The van der Waals surface area contributed by atoms with Gasteiger partial charge in [-0.25, -0.2) is 4.98 Å². The summed E-state index contributed by atoms with van der Waals surface area (Å²) >= 11 is 3.20. The molecule has 0 saturated carbocycles. The number of hydrogen-bond acceptors (Lipinski definition) is 3. The largest absolute Gasteiger partial charge is 0.481 e. The fourth-order valence-corrected chi connectivity index (χ4v) is 1.79. The number of carboxylic acids is 1. The molecule has 1 heterocycles. The number of pyridine rings is 1. The predicted octanol–water partition coefficient (Wildman–Crippen LogP) is 2.22. The van der Waals surface area contributed by atoms with E-state index in [4.69, 9.17) is 5.11 Å². The molecule has 1 aromatic rings. The van der Waals surface area contributed by atoms with Gasteiger partial charge < -0.3 is 10.4 Å². The van der Waals surface area contributed by atoms with Crippen LogP contribution in [0.4, 0.5) is 0 Å². The number of carboxylic acid groups (broad SMARTS) is 1. The molecule has 1 rings (SSSR count). The highest BCUT2D eigenvalue weighted by Gasteiger charge is 2.05. The SMILES string of the molecule is O=C(O)CCCCCNC(=O)c1ccnc(Br)c1. The minimum atomic E-state index is -0.777. The van der Waals surface area contributed by atoms with Crippen LogP contribution in [0.5, 0.6) is 0 Å². The molecular weight excluding hydrogens is 300 g/mol. The summed E-state index contributed by atoms with van der Waals surface area (Å²) in [4.78, 5) is 25.9. The van der Waals surface area contributed by atoms with Crippen molar-refractivity contribution >= 4 is 27.8 Å². The standard InChI is InChI=1S/C12H15BrN2O3/c13-10-8-9(5-7-14-10)12(18)15-6-3-1-2-4-11(16)17/h5,7-8H,1-4,6H2,(H,15,18)(H,16,17). The number of carbonyl (C=O) groups is 2. The average Bonchev–Trinajstić information content (AvgIpc) is 2.33. The molecule has 0 unspecified atom stereocenters. The van der Waals surface area contributed by atoms with Gasteiger partial charge >= 0.3 is 5.97 Å². The van der Waals surface area contributed by atoms with E-state index in [0.717, 1.165) is 12.8 Å². The summed E-state index contributed by atoms with van der Waals surface area (Å²) in [5.41, 5.74) is 0.558. The third-order valence-corrected chi connectivity index (χ3v) is 2.78. The number of amides is 1. The Morgan fingerprint density at radius 3 is 2.78 bits per heavy atom. The highest BCUT2D eigenvalue weighted by Crippen LogP contribution is 2.07. The second kappa shape index (κ2) is 7.81. The van der Waals surface area contributed by atoms with Crippen molar-refractivity contribution in [2.75, 3.05) is 6.54 Å². The number of rotatable bonds is 7. The monoisotopic (exact) mass is 314 g/mol. The molecule has 0 aliphatic carbocycles. The number of aromatic nitrogens is 1. The molecule has 1 aromatic heterocycles. The summed E-state index contributed by atoms with van der Waals surface area (Å²) in [6.07, 6.45) is 3.97. The van der Waals surface area contributed by atoms with Crippen LogP contribution in [0.25, 0.3) is 0 Å². The third-order valence-electron chi connectivity index (χ3n) is 2.34. The van der Waals surface area contributed by atoms with Gasteiger partial charge in [0, 0.05) is 24.7 Å². The van der Waals surface area contributed by atoms with E-state index in [1.165, 1.54) is 0 Å². The van der Waals surface area contributed by atoms with Gasteiger partial charge in [-0.3, -0.25) is 9.59 Å². The summed E-state index contributed by atoms with van der Waals surface area (Å²) in [5, 5.41) is 11.2. The van der Waals surface area contributed by atoms with E-state index in [0.29, 0.717) is 23.1 Å². The smallest absolute Gasteiger partial charge is 0.303 e. The van der Waals surface area contributed by atoms with Crippen molar-refractivity contribution in [1.29, 1.82) is 0 Å². The molecule has 0 fully saturated rings. The van der Waals surface area contributed by atoms with Gasteiger partial charge in [0.25, 0.3) is 5.91 Å². The molecule has 0 atom stereocenters. The van der Waals surface area contributed by atoms with Gasteiger partial charge in [0.15, 0.2) is 0 Å². The van der Waals surface area contributed by atoms with Crippen molar-refractivity contribution in [1.82, 2.24) is 10.3 Å². The highest BCUT2D eigenvalue weighted by atomic mass is 79.9. The van der Waals surface area contributed by atoms with Crippen LogP contribution in [0.2, 0.25) is 0 Å². The summed E-state index contributed by atoms with van der Waals surface area (Å²) < 4.78 is 0.622. The zero-order chi connectivity index (χ0) is 13.4. The predicted molar refractivity (Wildman–Crippen MR) is 70.4 cm³/mol. The van der Waals surface area contributed by atoms with Crippen molar-refractivity contribution in [3.8, 4) is 0 Å². The maximum absolute atomic E-state index is 11.7. The summed E-state index contributed by atoms with van der Waals surface area (Å²) in [5.74, 6) is -0.919. The first kappa shape index (κ1) is 14.6. The number of nitrogens with zero attached hydrogens (tertiary/aromatic N) is 1. The Kier molecular flexibility index (Phi) is 6.35. The van der Waals surface area contributed by atoms with Crippen LogP contribution in [-0.2, 0) is 4.79 Å². The number of halogens is 1. The molecule has 0 bridgehead atoms. The molecule has 98 valence electrons. The second-order valence-corrected chi connectivity index (χ2v) is 4.64. The Labute approximate surface area is 114 Å². The van der Waals surface area contributed by atoms with E-state index in [1.54, 1.807) is 18.3 Å². The lowest BCUT2D eigenvalue weighted by Crippen LogP contribution is -2.24. The Hall–Kier alpha value is -1.43. The van der Waals surface area contributed by atoms with Gasteiger partial charge in [-0.2, -0.15) is 0 Å². The maximum Gasteiger partial charge on any atom is 0.303 e. The van der Waals surface area contributed by atoms with Gasteiger partial charge in [0.1, 0.15) is 4.60 Å². The van der Waals surface area contributed by atoms with E-state index in [-0.39, 0.29) is 12.3 Å². The van der Waals surface area contributed by atoms with E-state index >= 15 is 0 Å². The van der Waals surface area contributed by atoms with Crippen molar-refractivity contribution in [2.45, 2.75) is 25.7 Å². The molecule has 0 aromatic carbocycles. The van der Waals surface area contributed by atoms with Crippen LogP contribution in [0.3, 0.4) is 0 Å². The molecule has 1 amide bonds. The molecule has 6 heteroatoms. The average molecular weight is 315 g/mol. The summed E-state index contributed by atoms with van der Waals surface area (Å²) in [6, 6.07) is 3.30. The number of unbranched alkanes of at least 4 members (excludes halogenated alkanes) is 2. The first-order valence-corrected chi connectivity index (χ1v) is 6.50. The lowest BCUT2D eigenvalue weighted by atomic mass is 10.2. The number of nitrogens with one attached hydrogen (secondary N) is 1. The van der Waals surface area contributed by atoms with Gasteiger partial charge in [0.05, 0.1) is 0 Å². The topological polar surface area (TPSA) is 79.3 Å². The molecule has 0 aliphatic rings. The molecule has 5 nitrogen and oxygen atoms in total. The van der Waals surface area contributed by atoms with E-state index < -0.39 is 5.97 Å². The Morgan fingerprint density at radius 1 is 1.33 bits per heavy atom. The van der Waals surface area contributed by atoms with Crippen LogP contribution in [0.1, 0.15) is 36.0 Å². The van der Waals surface area contributed by atoms with Crippen LogP contribution >= 0.6 is 15.9 Å². The van der Waals surface area contributed by atoms with E-state index in [1.807, 2.05) is 0 Å². The molecule has 0 spiro atoms. The van der Waals surface area contributed by atoms with Crippen molar-refractivity contribution < 1.29 is 14.7 Å². The normalized spacial score (nSPS) is 10.1. The van der Waals surface area contributed by atoms with Gasteiger partial charge in [-0.05, 0) is 40.9 Å². The van der Waals surface area contributed by atoms with Crippen LogP contribution in [0.15, 0.2) is 22.9 Å². The van der Waals surface area contributed by atoms with Crippen molar-refractivity contribution in [2.24, 2.45) is 0 Å². The molecule has 0 saturated heterocycles. The molecule has 18 heavy (non-hydrogen) atoms. The van der Waals surface area contributed by atoms with Crippen molar-refractivity contribution in [3.63, 3.8) is 0 Å². The van der Waals surface area contributed by atoms with Crippen LogP contribution < -0.4 is 5.32 Å². The zero-order valence-electron chi connectivity index (χ0n) is 9.86. The Bertz CT molecular complexity index is 424. The van der Waals surface area contributed by atoms with Crippen LogP contribution in [0, 0.1) is 0 Å². The zero-order valence-corrected chi connectivity index (χ0v) is 11.4.